The Labute approximate surface area is 380 Å². The van der Waals surface area contributed by atoms with E-state index in [1.165, 1.54) is 12.5 Å². The van der Waals surface area contributed by atoms with Crippen LogP contribution in [0.2, 0.25) is 0 Å². The topological polar surface area (TPSA) is 327 Å². The summed E-state index contributed by atoms with van der Waals surface area (Å²) in [5.41, 5.74) is 19.6. The number of aliphatic imine (C=N–C) groups is 1. The molecule has 348 valence electrons. The van der Waals surface area contributed by atoms with Gasteiger partial charge in [0, 0.05) is 74.2 Å². The molecule has 20 nitrogen and oxygen atoms in total. The number of guanidine groups is 1. The molecular weight excluding hydrogens is 847 g/mol. The lowest BCUT2D eigenvalue weighted by molar-refractivity contribution is -0.135. The van der Waals surface area contributed by atoms with Crippen LogP contribution in [-0.4, -0.2) is 106 Å². The highest BCUT2D eigenvalue weighted by molar-refractivity contribution is 5.97. The Morgan fingerprint density at radius 3 is 2.09 bits per heavy atom. The number of rotatable bonds is 11. The SMILES string of the molecule is NC(=O)[C@@H]1CCCCNC(=O)CCC(=O)N[C@@H](Cc2cnc[nH]2)C(=O)N[C@H](Cc2ccc3ccccc3c2)C(=O)N[C@@H](CCCN=C(N)N)C(=O)N[C@@H](Cc2c[nH]c3ccccc23)C(=O)N1. The van der Waals surface area contributed by atoms with E-state index in [1.54, 1.807) is 6.20 Å². The predicted molar refractivity (Wildman–Crippen MR) is 247 cm³/mol. The van der Waals surface area contributed by atoms with Crippen LogP contribution in [-0.2, 0) is 52.8 Å². The summed E-state index contributed by atoms with van der Waals surface area (Å²) in [6.07, 6.45) is 5.30. The molecule has 20 heteroatoms. The van der Waals surface area contributed by atoms with Crippen LogP contribution in [0.5, 0.6) is 0 Å². The zero-order valence-electron chi connectivity index (χ0n) is 36.4. The number of nitrogens with zero attached hydrogens (tertiary/aromatic N) is 2. The fourth-order valence-corrected chi connectivity index (χ4v) is 7.80. The number of aromatic amines is 2. The van der Waals surface area contributed by atoms with Crippen molar-refractivity contribution in [3.63, 3.8) is 0 Å². The van der Waals surface area contributed by atoms with Crippen LogP contribution in [0.1, 0.15) is 61.8 Å². The van der Waals surface area contributed by atoms with Crippen LogP contribution in [0.4, 0.5) is 0 Å². The average molecular weight is 904 g/mol. The van der Waals surface area contributed by atoms with Crippen molar-refractivity contribution in [3.8, 4) is 0 Å². The maximum atomic E-state index is 14.6. The highest BCUT2D eigenvalue weighted by Gasteiger charge is 2.33. The summed E-state index contributed by atoms with van der Waals surface area (Å²) >= 11 is 0. The smallest absolute Gasteiger partial charge is 0.243 e. The number of fused-ring (bicyclic) bond motifs is 2. The Morgan fingerprint density at radius 1 is 0.682 bits per heavy atom. The number of nitrogens with one attached hydrogen (secondary N) is 8. The van der Waals surface area contributed by atoms with Gasteiger partial charge in [0.05, 0.1) is 6.33 Å². The normalized spacial score (nSPS) is 21.1. The molecule has 0 bridgehead atoms. The molecule has 3 aromatic carbocycles. The summed E-state index contributed by atoms with van der Waals surface area (Å²) in [7, 11) is 0. The quantitative estimate of drug-likeness (QED) is 0.0483. The van der Waals surface area contributed by atoms with Gasteiger partial charge in [-0.1, -0.05) is 60.7 Å². The molecule has 0 saturated carbocycles. The van der Waals surface area contributed by atoms with Crippen molar-refractivity contribution in [2.24, 2.45) is 22.2 Å². The van der Waals surface area contributed by atoms with Crippen LogP contribution >= 0.6 is 0 Å². The number of para-hydroxylation sites is 1. The molecule has 0 radical (unpaired) electrons. The van der Waals surface area contributed by atoms with E-state index in [2.05, 4.69) is 51.8 Å². The average Bonchev–Trinajstić information content (AvgIpc) is 3.97. The van der Waals surface area contributed by atoms with Gasteiger partial charge < -0.3 is 59.1 Å². The second kappa shape index (κ2) is 23.2. The number of amides is 7. The molecule has 14 N–H and O–H groups in total. The van der Waals surface area contributed by atoms with Crippen LogP contribution in [0, 0.1) is 0 Å². The first-order chi connectivity index (χ1) is 31.8. The van der Waals surface area contributed by atoms with E-state index < -0.39 is 71.6 Å². The summed E-state index contributed by atoms with van der Waals surface area (Å²) in [5, 5.41) is 19.3. The molecule has 0 spiro atoms. The van der Waals surface area contributed by atoms with E-state index in [9.17, 15) is 33.6 Å². The highest BCUT2D eigenvalue weighted by atomic mass is 16.2. The van der Waals surface area contributed by atoms with Gasteiger partial charge in [-0.05, 0) is 60.1 Å². The number of carbonyl (C=O) groups excluding carboxylic acids is 7. The van der Waals surface area contributed by atoms with Gasteiger partial charge in [-0.2, -0.15) is 0 Å². The second-order valence-electron chi connectivity index (χ2n) is 16.3. The van der Waals surface area contributed by atoms with E-state index in [-0.39, 0.29) is 70.4 Å². The predicted octanol–water partition coefficient (Wildman–Crippen LogP) is 0.115. The fourth-order valence-electron chi connectivity index (χ4n) is 7.80. The molecule has 1 fully saturated rings. The zero-order chi connectivity index (χ0) is 47.0. The number of imidazole rings is 1. The molecule has 7 amide bonds. The lowest BCUT2D eigenvalue weighted by atomic mass is 9.99. The van der Waals surface area contributed by atoms with E-state index in [0.717, 1.165) is 21.7 Å². The molecule has 1 aliphatic heterocycles. The number of benzene rings is 3. The third-order valence-corrected chi connectivity index (χ3v) is 11.3. The number of aromatic nitrogens is 3. The van der Waals surface area contributed by atoms with Gasteiger partial charge in [0.15, 0.2) is 5.96 Å². The van der Waals surface area contributed by atoms with Gasteiger partial charge in [0.2, 0.25) is 41.4 Å². The summed E-state index contributed by atoms with van der Waals surface area (Å²) < 4.78 is 0. The van der Waals surface area contributed by atoms with Gasteiger partial charge >= 0.3 is 0 Å². The zero-order valence-corrected chi connectivity index (χ0v) is 36.4. The van der Waals surface area contributed by atoms with E-state index >= 15 is 0 Å². The highest BCUT2D eigenvalue weighted by Crippen LogP contribution is 2.21. The maximum absolute atomic E-state index is 14.6. The van der Waals surface area contributed by atoms with Crippen molar-refractivity contribution in [2.75, 3.05) is 13.1 Å². The number of H-pyrrole nitrogens is 2. The van der Waals surface area contributed by atoms with Gasteiger partial charge in [-0.3, -0.25) is 38.6 Å². The molecule has 5 atom stereocenters. The van der Waals surface area contributed by atoms with Crippen molar-refractivity contribution in [3.05, 3.63) is 102 Å². The first kappa shape index (κ1) is 47.7. The Hall–Kier alpha value is -7.77. The Morgan fingerprint density at radius 2 is 1.35 bits per heavy atom. The van der Waals surface area contributed by atoms with Crippen molar-refractivity contribution in [1.29, 1.82) is 0 Å². The number of primary amides is 1. The molecule has 5 aromatic rings. The molecule has 3 heterocycles. The van der Waals surface area contributed by atoms with Crippen LogP contribution in [0.15, 0.2) is 90.4 Å². The molecule has 66 heavy (non-hydrogen) atoms. The molecule has 0 unspecified atom stereocenters. The molecule has 6 rings (SSSR count). The number of hydrogen-bond donors (Lipinski definition) is 11. The number of hydrogen-bond acceptors (Lipinski definition) is 9. The molecular formula is C46H57N13O7. The Kier molecular flexibility index (Phi) is 16.8. The third kappa shape index (κ3) is 13.9. The summed E-state index contributed by atoms with van der Waals surface area (Å²) in [4.78, 5) is 111. The Bertz CT molecular complexity index is 2540. The van der Waals surface area contributed by atoms with Crippen LogP contribution in [0.25, 0.3) is 21.7 Å². The van der Waals surface area contributed by atoms with Gasteiger partial charge in [-0.15, -0.1) is 0 Å². The monoisotopic (exact) mass is 903 g/mol. The lowest BCUT2D eigenvalue weighted by Gasteiger charge is -2.27. The van der Waals surface area contributed by atoms with Gasteiger partial charge in [0.25, 0.3) is 0 Å². The number of nitrogens with two attached hydrogens (primary N) is 3. The molecule has 1 saturated heterocycles. The summed E-state index contributed by atoms with van der Waals surface area (Å²) in [6, 6.07) is 14.5. The third-order valence-electron chi connectivity index (χ3n) is 11.3. The minimum atomic E-state index is -1.30. The minimum absolute atomic E-state index is 0.00158. The minimum Gasteiger partial charge on any atom is -0.370 e. The van der Waals surface area contributed by atoms with E-state index in [4.69, 9.17) is 17.2 Å². The molecule has 2 aromatic heterocycles. The van der Waals surface area contributed by atoms with Crippen molar-refractivity contribution in [2.45, 2.75) is 94.4 Å². The van der Waals surface area contributed by atoms with E-state index in [1.807, 2.05) is 66.7 Å². The summed E-state index contributed by atoms with van der Waals surface area (Å²) in [6.45, 7) is 0.322. The van der Waals surface area contributed by atoms with Gasteiger partial charge in [-0.25, -0.2) is 4.98 Å². The first-order valence-corrected chi connectivity index (χ1v) is 21.9. The standard InChI is InChI=1S/C46H57N13O7/c47-41(62)34-12-5-6-18-51-39(60)16-17-40(61)55-38(23-31-25-50-26-54-31)45(66)58-36(21-27-14-15-28-8-1-2-9-29(28)20-27)43(64)57-35(13-7-19-52-46(48)49)42(63)59-37(44(65)56-34)22-30-24-53-33-11-4-3-10-32(30)33/h1-4,8-11,14-15,20,24-26,34-38,53H,5-7,12-13,16-19,21-23H2,(H2,47,62)(H,50,54)(H,51,60)(H,55,61)(H,56,65)(H,57,64)(H,58,66)(H,59,63)(H4,48,49,52)/t34-,35-,36+,37-,38-/m0/s1. The molecule has 1 aliphatic rings. The lowest BCUT2D eigenvalue weighted by Crippen LogP contribution is -2.59. The molecule has 0 aliphatic carbocycles. The first-order valence-electron chi connectivity index (χ1n) is 21.9. The van der Waals surface area contributed by atoms with Crippen molar-refractivity contribution in [1.82, 2.24) is 46.9 Å². The van der Waals surface area contributed by atoms with Crippen molar-refractivity contribution < 1.29 is 33.6 Å². The van der Waals surface area contributed by atoms with Crippen LogP contribution in [0.3, 0.4) is 0 Å². The Balaban J connectivity index is 1.36. The number of carbonyl (C=O) groups is 7. The van der Waals surface area contributed by atoms with E-state index in [0.29, 0.717) is 29.7 Å². The van der Waals surface area contributed by atoms with Crippen molar-refractivity contribution >= 4 is 69.0 Å². The largest absolute Gasteiger partial charge is 0.370 e. The maximum Gasteiger partial charge on any atom is 0.243 e. The second-order valence-corrected chi connectivity index (χ2v) is 16.3. The van der Waals surface area contributed by atoms with Crippen LogP contribution < -0.4 is 49.1 Å². The summed E-state index contributed by atoms with van der Waals surface area (Å²) in [5.74, 6) is -4.85. The van der Waals surface area contributed by atoms with Gasteiger partial charge in [0.1, 0.15) is 30.2 Å². The fraction of sp³-hybridized carbons (Fsp3) is 0.370.